The minimum Gasteiger partial charge on any atom is -0.462 e. The van der Waals surface area contributed by atoms with Gasteiger partial charge in [-0.3, -0.25) is 4.79 Å². The van der Waals surface area contributed by atoms with Gasteiger partial charge in [-0.25, -0.2) is 9.78 Å². The van der Waals surface area contributed by atoms with Crippen molar-refractivity contribution in [1.82, 2.24) is 14.8 Å². The summed E-state index contributed by atoms with van der Waals surface area (Å²) < 4.78 is 6.76. The lowest BCUT2D eigenvalue weighted by molar-refractivity contribution is -0.121. The molecular weight excluding hydrogens is 428 g/mol. The molecular formula is C27H34N4O3. The lowest BCUT2D eigenvalue weighted by Gasteiger charge is -2.27. The maximum Gasteiger partial charge on any atom is 0.343 e. The fraction of sp³-hybridized carbons (Fsp3) is 0.481. The van der Waals surface area contributed by atoms with Gasteiger partial charge in [-0.1, -0.05) is 44.4 Å². The van der Waals surface area contributed by atoms with Gasteiger partial charge in [0.1, 0.15) is 5.56 Å². The zero-order valence-electron chi connectivity index (χ0n) is 20.3. The number of para-hydroxylation sites is 1. The van der Waals surface area contributed by atoms with Crippen molar-refractivity contribution in [3.8, 4) is 5.82 Å². The fourth-order valence-electron chi connectivity index (χ4n) is 4.87. The Bertz CT molecular complexity index is 1160. The van der Waals surface area contributed by atoms with Gasteiger partial charge in [-0.15, -0.1) is 0 Å². The number of pyridine rings is 1. The van der Waals surface area contributed by atoms with Crippen molar-refractivity contribution in [3.63, 3.8) is 0 Å². The number of benzene rings is 1. The van der Waals surface area contributed by atoms with Crippen LogP contribution < -0.4 is 5.32 Å². The van der Waals surface area contributed by atoms with E-state index in [0.29, 0.717) is 11.6 Å². The number of esters is 1. The standard InChI is InChI=1S/C27H34N4O3/c1-4-6-9-19-12-14-20(15-13-19)26(32)30-25-22(27(33)34-5-2)17-28-31(25)24-16-18(3)21-10-7-8-11-23(21)29-24/h7-8,10-11,16-17,19-20H,4-6,9,12-15H2,1-3H3,(H,30,32). The van der Waals surface area contributed by atoms with Crippen LogP contribution in [-0.2, 0) is 9.53 Å². The average molecular weight is 463 g/mol. The van der Waals surface area contributed by atoms with Gasteiger partial charge >= 0.3 is 5.97 Å². The zero-order valence-corrected chi connectivity index (χ0v) is 20.3. The van der Waals surface area contributed by atoms with Gasteiger partial charge in [0.15, 0.2) is 11.6 Å². The predicted molar refractivity (Wildman–Crippen MR) is 133 cm³/mol. The molecule has 3 aromatic rings. The quantitative estimate of drug-likeness (QED) is 0.425. The highest BCUT2D eigenvalue weighted by Crippen LogP contribution is 2.33. The van der Waals surface area contributed by atoms with E-state index in [4.69, 9.17) is 9.72 Å². The van der Waals surface area contributed by atoms with Crippen LogP contribution in [0.15, 0.2) is 36.5 Å². The number of nitrogens with one attached hydrogen (secondary N) is 1. The third-order valence-corrected chi connectivity index (χ3v) is 6.82. The maximum atomic E-state index is 13.3. The van der Waals surface area contributed by atoms with Crippen LogP contribution in [0, 0.1) is 18.8 Å². The molecule has 1 aromatic carbocycles. The Morgan fingerprint density at radius 2 is 1.91 bits per heavy atom. The van der Waals surface area contributed by atoms with Gasteiger partial charge in [0, 0.05) is 11.3 Å². The molecule has 1 saturated carbocycles. The number of amides is 1. The summed E-state index contributed by atoms with van der Waals surface area (Å²) in [6.07, 6.45) is 9.05. The monoisotopic (exact) mass is 462 g/mol. The first-order valence-corrected chi connectivity index (χ1v) is 12.4. The molecule has 0 radical (unpaired) electrons. The van der Waals surface area contributed by atoms with E-state index >= 15 is 0 Å². The Morgan fingerprint density at radius 1 is 1.15 bits per heavy atom. The molecule has 7 nitrogen and oxygen atoms in total. The summed E-state index contributed by atoms with van der Waals surface area (Å²) in [7, 11) is 0. The molecule has 0 unspecified atom stereocenters. The number of unbranched alkanes of at least 4 members (excludes halogenated alkanes) is 1. The highest BCUT2D eigenvalue weighted by atomic mass is 16.5. The van der Waals surface area contributed by atoms with Crippen LogP contribution in [0.2, 0.25) is 0 Å². The Hall–Kier alpha value is -3.22. The highest BCUT2D eigenvalue weighted by molar-refractivity contribution is 6.01. The fourth-order valence-corrected chi connectivity index (χ4v) is 4.87. The van der Waals surface area contributed by atoms with Gasteiger partial charge < -0.3 is 10.1 Å². The molecule has 1 aliphatic carbocycles. The molecule has 0 aliphatic heterocycles. The Kier molecular flexibility index (Phi) is 7.60. The van der Waals surface area contributed by atoms with Crippen molar-refractivity contribution < 1.29 is 14.3 Å². The zero-order chi connectivity index (χ0) is 24.1. The van der Waals surface area contributed by atoms with E-state index < -0.39 is 5.97 Å². The molecule has 4 rings (SSSR count). The van der Waals surface area contributed by atoms with E-state index in [9.17, 15) is 9.59 Å². The van der Waals surface area contributed by atoms with Crippen molar-refractivity contribution in [2.45, 2.75) is 65.7 Å². The molecule has 34 heavy (non-hydrogen) atoms. The number of anilines is 1. The van der Waals surface area contributed by atoms with E-state index in [1.807, 2.05) is 37.3 Å². The van der Waals surface area contributed by atoms with Gasteiger partial charge in [0.25, 0.3) is 0 Å². The molecule has 0 saturated heterocycles. The largest absolute Gasteiger partial charge is 0.462 e. The number of nitrogens with zero attached hydrogens (tertiary/aromatic N) is 3. The second kappa shape index (κ2) is 10.8. The Balaban J connectivity index is 1.62. The van der Waals surface area contributed by atoms with E-state index in [1.54, 1.807) is 6.92 Å². The molecule has 1 aliphatic rings. The van der Waals surface area contributed by atoms with Crippen LogP contribution in [0.4, 0.5) is 5.82 Å². The minimum atomic E-state index is -0.509. The molecule has 1 N–H and O–H groups in total. The molecule has 2 aromatic heterocycles. The van der Waals surface area contributed by atoms with Gasteiger partial charge in [-0.2, -0.15) is 9.78 Å². The molecule has 1 fully saturated rings. The number of rotatable bonds is 8. The van der Waals surface area contributed by atoms with Crippen LogP contribution in [0.1, 0.15) is 74.7 Å². The first-order chi connectivity index (χ1) is 16.5. The van der Waals surface area contributed by atoms with Crippen LogP contribution >= 0.6 is 0 Å². The molecule has 0 atom stereocenters. The van der Waals surface area contributed by atoms with E-state index in [2.05, 4.69) is 17.3 Å². The lowest BCUT2D eigenvalue weighted by Crippen LogP contribution is -2.29. The SMILES string of the molecule is CCCCC1CCC(C(=O)Nc2c(C(=O)OCC)cnn2-c2cc(C)c3ccccc3n2)CC1. The van der Waals surface area contributed by atoms with E-state index in [-0.39, 0.29) is 24.0 Å². The summed E-state index contributed by atoms with van der Waals surface area (Å²) >= 11 is 0. The summed E-state index contributed by atoms with van der Waals surface area (Å²) in [4.78, 5) is 30.6. The summed E-state index contributed by atoms with van der Waals surface area (Å²) in [5, 5.41) is 8.48. The van der Waals surface area contributed by atoms with Crippen LogP contribution in [-0.4, -0.2) is 33.2 Å². The smallest absolute Gasteiger partial charge is 0.343 e. The molecule has 2 heterocycles. The Morgan fingerprint density at radius 3 is 2.65 bits per heavy atom. The number of aryl methyl sites for hydroxylation is 1. The number of carbonyl (C=O) groups excluding carboxylic acids is 2. The third-order valence-electron chi connectivity index (χ3n) is 6.82. The number of ether oxygens (including phenoxy) is 1. The van der Waals surface area contributed by atoms with Crippen molar-refractivity contribution in [1.29, 1.82) is 0 Å². The molecule has 0 bridgehead atoms. The first kappa shape index (κ1) is 23.9. The number of aromatic nitrogens is 3. The minimum absolute atomic E-state index is 0.0671. The lowest BCUT2D eigenvalue weighted by atomic mass is 9.79. The number of hydrogen-bond donors (Lipinski definition) is 1. The van der Waals surface area contributed by atoms with Gasteiger partial charge in [0.2, 0.25) is 5.91 Å². The average Bonchev–Trinajstić information content (AvgIpc) is 3.26. The predicted octanol–water partition coefficient (Wildman–Crippen LogP) is 5.84. The number of carbonyl (C=O) groups is 2. The van der Waals surface area contributed by atoms with Crippen LogP contribution in [0.3, 0.4) is 0 Å². The van der Waals surface area contributed by atoms with Crippen molar-refractivity contribution in [3.05, 3.63) is 47.7 Å². The topological polar surface area (TPSA) is 86.1 Å². The second-order valence-corrected chi connectivity index (χ2v) is 9.20. The molecule has 1 amide bonds. The normalized spacial score (nSPS) is 18.1. The maximum absolute atomic E-state index is 13.3. The van der Waals surface area contributed by atoms with Crippen molar-refractivity contribution in [2.75, 3.05) is 11.9 Å². The summed E-state index contributed by atoms with van der Waals surface area (Å²) in [6.45, 7) is 6.23. The number of hydrogen-bond acceptors (Lipinski definition) is 5. The van der Waals surface area contributed by atoms with Crippen LogP contribution in [0.5, 0.6) is 0 Å². The summed E-state index contributed by atoms with van der Waals surface area (Å²) in [6, 6.07) is 9.79. The molecule has 0 spiro atoms. The van der Waals surface area contributed by atoms with Gasteiger partial charge in [-0.05, 0) is 63.1 Å². The molecule has 7 heteroatoms. The first-order valence-electron chi connectivity index (χ1n) is 12.4. The Labute approximate surface area is 200 Å². The van der Waals surface area contributed by atoms with Crippen molar-refractivity contribution in [2.24, 2.45) is 11.8 Å². The van der Waals surface area contributed by atoms with E-state index in [1.165, 1.54) is 30.1 Å². The third kappa shape index (κ3) is 5.13. The van der Waals surface area contributed by atoms with E-state index in [0.717, 1.165) is 48.1 Å². The van der Waals surface area contributed by atoms with Crippen LogP contribution in [0.25, 0.3) is 16.7 Å². The molecule has 180 valence electrons. The highest BCUT2D eigenvalue weighted by Gasteiger charge is 2.29. The summed E-state index contributed by atoms with van der Waals surface area (Å²) in [5.41, 5.74) is 2.10. The van der Waals surface area contributed by atoms with Crippen molar-refractivity contribution >= 4 is 28.6 Å². The second-order valence-electron chi connectivity index (χ2n) is 9.20. The summed E-state index contributed by atoms with van der Waals surface area (Å²) in [5.74, 6) is 0.935. The van der Waals surface area contributed by atoms with Gasteiger partial charge in [0.05, 0.1) is 18.3 Å². The number of fused-ring (bicyclic) bond motifs is 1.